The van der Waals surface area contributed by atoms with Crippen molar-refractivity contribution in [3.63, 3.8) is 0 Å². The van der Waals surface area contributed by atoms with Gasteiger partial charge in [0.1, 0.15) is 0 Å². The SMILES string of the molecule is Cc1sc(CNC(C)CCS(C)=O)cc1Br. The van der Waals surface area contributed by atoms with Crippen LogP contribution in [0.2, 0.25) is 0 Å². The molecule has 0 bridgehead atoms. The smallest absolute Gasteiger partial charge is 0.0314 e. The second-order valence-electron chi connectivity index (χ2n) is 3.96. The molecular formula is C11H18BrNOS2. The van der Waals surface area contributed by atoms with Gasteiger partial charge in [0.2, 0.25) is 0 Å². The van der Waals surface area contributed by atoms with Crippen LogP contribution in [0.15, 0.2) is 10.5 Å². The molecule has 5 heteroatoms. The van der Waals surface area contributed by atoms with Crippen LogP contribution >= 0.6 is 27.3 Å². The van der Waals surface area contributed by atoms with Crippen molar-refractivity contribution in [1.82, 2.24) is 5.32 Å². The Bertz CT molecular complexity index is 345. The van der Waals surface area contributed by atoms with Gasteiger partial charge in [0.25, 0.3) is 0 Å². The van der Waals surface area contributed by atoms with Crippen LogP contribution in [-0.2, 0) is 17.3 Å². The van der Waals surface area contributed by atoms with Gasteiger partial charge in [-0.1, -0.05) is 0 Å². The zero-order valence-electron chi connectivity index (χ0n) is 9.88. The molecular weight excluding hydrogens is 306 g/mol. The fourth-order valence-corrected chi connectivity index (χ4v) is 3.56. The molecule has 0 saturated carbocycles. The monoisotopic (exact) mass is 323 g/mol. The minimum Gasteiger partial charge on any atom is -0.309 e. The summed E-state index contributed by atoms with van der Waals surface area (Å²) >= 11 is 5.33. The summed E-state index contributed by atoms with van der Waals surface area (Å²) in [5, 5.41) is 3.45. The zero-order valence-corrected chi connectivity index (χ0v) is 13.1. The van der Waals surface area contributed by atoms with Crippen LogP contribution in [0, 0.1) is 6.92 Å². The third kappa shape index (κ3) is 5.08. The minimum absolute atomic E-state index is 0.421. The summed E-state index contributed by atoms with van der Waals surface area (Å²) in [6, 6.07) is 2.59. The van der Waals surface area contributed by atoms with Gasteiger partial charge < -0.3 is 5.32 Å². The van der Waals surface area contributed by atoms with Gasteiger partial charge in [-0.05, 0) is 42.3 Å². The number of thiophene rings is 1. The quantitative estimate of drug-likeness (QED) is 0.871. The second-order valence-corrected chi connectivity index (χ2v) is 7.71. The van der Waals surface area contributed by atoms with Crippen molar-refractivity contribution in [3.8, 4) is 0 Å². The highest BCUT2D eigenvalue weighted by Crippen LogP contribution is 2.26. The van der Waals surface area contributed by atoms with E-state index in [1.165, 1.54) is 14.2 Å². The summed E-state index contributed by atoms with van der Waals surface area (Å²) in [5.74, 6) is 0.779. The Hall–Kier alpha value is 0.290. The lowest BCUT2D eigenvalue weighted by atomic mass is 10.2. The van der Waals surface area contributed by atoms with E-state index in [1.807, 2.05) is 11.3 Å². The Morgan fingerprint density at radius 1 is 1.62 bits per heavy atom. The zero-order chi connectivity index (χ0) is 12.1. The molecule has 0 fully saturated rings. The Labute approximate surface area is 112 Å². The van der Waals surface area contributed by atoms with E-state index in [-0.39, 0.29) is 0 Å². The van der Waals surface area contributed by atoms with E-state index in [0.717, 1.165) is 18.7 Å². The molecule has 0 saturated heterocycles. The molecule has 16 heavy (non-hydrogen) atoms. The molecule has 2 atom stereocenters. The maximum Gasteiger partial charge on any atom is 0.0314 e. The van der Waals surface area contributed by atoms with Crippen molar-refractivity contribution < 1.29 is 4.21 Å². The van der Waals surface area contributed by atoms with Crippen LogP contribution in [0.4, 0.5) is 0 Å². The maximum atomic E-state index is 10.9. The van der Waals surface area contributed by atoms with Crippen LogP contribution in [0.1, 0.15) is 23.1 Å². The van der Waals surface area contributed by atoms with Gasteiger partial charge in [0.15, 0.2) is 0 Å². The number of halogens is 1. The van der Waals surface area contributed by atoms with Gasteiger partial charge in [0, 0.05) is 49.6 Å². The van der Waals surface area contributed by atoms with E-state index in [1.54, 1.807) is 6.26 Å². The van der Waals surface area contributed by atoms with Crippen LogP contribution in [-0.4, -0.2) is 22.3 Å². The highest BCUT2D eigenvalue weighted by Gasteiger charge is 2.06. The van der Waals surface area contributed by atoms with Crippen molar-refractivity contribution in [3.05, 3.63) is 20.3 Å². The molecule has 0 aromatic carbocycles. The second kappa shape index (κ2) is 6.89. The van der Waals surface area contributed by atoms with Gasteiger partial charge in [-0.15, -0.1) is 11.3 Å². The first-order valence-electron chi connectivity index (χ1n) is 5.27. The van der Waals surface area contributed by atoms with Crippen LogP contribution in [0.3, 0.4) is 0 Å². The lowest BCUT2D eigenvalue weighted by Crippen LogP contribution is -2.26. The highest BCUT2D eigenvalue weighted by atomic mass is 79.9. The average molecular weight is 324 g/mol. The van der Waals surface area contributed by atoms with Gasteiger partial charge in [0.05, 0.1) is 0 Å². The molecule has 2 nitrogen and oxygen atoms in total. The molecule has 0 amide bonds. The number of nitrogens with one attached hydrogen (secondary N) is 1. The number of hydrogen-bond donors (Lipinski definition) is 1. The Morgan fingerprint density at radius 3 is 2.81 bits per heavy atom. The molecule has 0 spiro atoms. The van der Waals surface area contributed by atoms with Gasteiger partial charge in [-0.25, -0.2) is 0 Å². The minimum atomic E-state index is -0.679. The van der Waals surface area contributed by atoms with Crippen molar-refractivity contribution in [2.75, 3.05) is 12.0 Å². The Morgan fingerprint density at radius 2 is 2.31 bits per heavy atom. The van der Waals surface area contributed by atoms with Gasteiger partial charge in [-0.2, -0.15) is 0 Å². The van der Waals surface area contributed by atoms with Gasteiger partial charge >= 0.3 is 0 Å². The number of hydrogen-bond acceptors (Lipinski definition) is 3. The molecule has 1 aromatic heterocycles. The lowest BCUT2D eigenvalue weighted by molar-refractivity contribution is 0.538. The molecule has 2 unspecified atom stereocenters. The van der Waals surface area contributed by atoms with E-state index < -0.39 is 10.8 Å². The predicted octanol–water partition coefficient (Wildman–Crippen LogP) is 3.07. The van der Waals surface area contributed by atoms with E-state index in [4.69, 9.17) is 0 Å². The fourth-order valence-electron chi connectivity index (χ4n) is 1.32. The van der Waals surface area contributed by atoms with E-state index in [2.05, 4.69) is 41.2 Å². The lowest BCUT2D eigenvalue weighted by Gasteiger charge is -2.11. The van der Waals surface area contributed by atoms with E-state index in [9.17, 15) is 4.21 Å². The third-order valence-corrected chi connectivity index (χ3v) is 5.32. The third-order valence-electron chi connectivity index (χ3n) is 2.37. The largest absolute Gasteiger partial charge is 0.309 e. The molecule has 0 aliphatic rings. The van der Waals surface area contributed by atoms with Crippen molar-refractivity contribution in [1.29, 1.82) is 0 Å². The first-order valence-corrected chi connectivity index (χ1v) is 8.61. The maximum absolute atomic E-state index is 10.9. The summed E-state index contributed by atoms with van der Waals surface area (Å²) in [6.07, 6.45) is 2.72. The van der Waals surface area contributed by atoms with Crippen LogP contribution in [0.5, 0.6) is 0 Å². The fraction of sp³-hybridized carbons (Fsp3) is 0.636. The average Bonchev–Trinajstić information content (AvgIpc) is 2.52. The summed E-state index contributed by atoms with van der Waals surface area (Å²) in [5.41, 5.74) is 0. The summed E-state index contributed by atoms with van der Waals surface area (Å²) in [4.78, 5) is 2.66. The molecule has 1 aromatic rings. The molecule has 0 aliphatic carbocycles. The van der Waals surface area contributed by atoms with Crippen LogP contribution < -0.4 is 5.32 Å². The Balaban J connectivity index is 2.31. The molecule has 0 aliphatic heterocycles. The number of rotatable bonds is 6. The molecule has 92 valence electrons. The standard InChI is InChI=1S/C11H18BrNOS2/c1-8(4-5-16(3)14)13-7-10-6-11(12)9(2)15-10/h6,8,13H,4-5,7H2,1-3H3. The molecule has 1 rings (SSSR count). The molecule has 1 heterocycles. The van der Waals surface area contributed by atoms with Crippen LogP contribution in [0.25, 0.3) is 0 Å². The first-order chi connectivity index (χ1) is 7.49. The topological polar surface area (TPSA) is 29.1 Å². The van der Waals surface area contributed by atoms with E-state index in [0.29, 0.717) is 6.04 Å². The van der Waals surface area contributed by atoms with Crippen molar-refractivity contribution in [2.45, 2.75) is 32.9 Å². The highest BCUT2D eigenvalue weighted by molar-refractivity contribution is 9.10. The summed E-state index contributed by atoms with van der Waals surface area (Å²) < 4.78 is 12.1. The van der Waals surface area contributed by atoms with E-state index >= 15 is 0 Å². The Kier molecular flexibility index (Phi) is 6.18. The predicted molar refractivity (Wildman–Crippen MR) is 76.6 cm³/mol. The van der Waals surface area contributed by atoms with Crippen molar-refractivity contribution >= 4 is 38.1 Å². The molecule has 0 radical (unpaired) electrons. The summed E-state index contributed by atoms with van der Waals surface area (Å²) in [7, 11) is -0.679. The number of aryl methyl sites for hydroxylation is 1. The van der Waals surface area contributed by atoms with Gasteiger partial charge in [-0.3, -0.25) is 4.21 Å². The van der Waals surface area contributed by atoms with Crippen molar-refractivity contribution in [2.24, 2.45) is 0 Å². The summed E-state index contributed by atoms with van der Waals surface area (Å²) in [6.45, 7) is 5.15. The first kappa shape index (κ1) is 14.4. The normalized spacial score (nSPS) is 15.0. The molecule has 1 N–H and O–H groups in total.